The van der Waals surface area contributed by atoms with E-state index in [-0.39, 0.29) is 17.5 Å². The minimum absolute atomic E-state index is 0.144. The summed E-state index contributed by atoms with van der Waals surface area (Å²) in [6.07, 6.45) is 6.70. The second-order valence-corrected chi connectivity index (χ2v) is 9.07. The van der Waals surface area contributed by atoms with Crippen molar-refractivity contribution >= 4 is 81.8 Å². The highest BCUT2D eigenvalue weighted by molar-refractivity contribution is 6.67. The van der Waals surface area contributed by atoms with Crippen molar-refractivity contribution in [2.24, 2.45) is 0 Å². The van der Waals surface area contributed by atoms with Gasteiger partial charge in [0.15, 0.2) is 17.5 Å². The Kier molecular flexibility index (Phi) is 6.46. The summed E-state index contributed by atoms with van der Waals surface area (Å²) in [7, 11) is 0. The van der Waals surface area contributed by atoms with Crippen LogP contribution in [0, 0.1) is 6.92 Å². The largest absolute Gasteiger partial charge is 0.462 e. The van der Waals surface area contributed by atoms with Crippen molar-refractivity contribution in [1.29, 1.82) is 0 Å². The van der Waals surface area contributed by atoms with Crippen LogP contribution in [0.25, 0.3) is 12.2 Å². The molecule has 0 aliphatic heterocycles. The zero-order valence-corrected chi connectivity index (χ0v) is 16.5. The van der Waals surface area contributed by atoms with Gasteiger partial charge in [-0.05, 0) is 31.2 Å². The number of hydrogen-bond acceptors (Lipinski definition) is 4. The van der Waals surface area contributed by atoms with Crippen LogP contribution in [-0.4, -0.2) is 15.0 Å². The number of allylic oxidation sites excluding steroid dienone is 2. The summed E-state index contributed by atoms with van der Waals surface area (Å²) >= 11 is 34.8. The van der Waals surface area contributed by atoms with Crippen molar-refractivity contribution in [1.82, 2.24) is 15.0 Å². The Labute approximate surface area is 168 Å². The van der Waals surface area contributed by atoms with Gasteiger partial charge in [0.25, 0.3) is 0 Å². The van der Waals surface area contributed by atoms with E-state index in [0.29, 0.717) is 5.76 Å². The fourth-order valence-corrected chi connectivity index (χ4v) is 2.06. The normalized spacial score (nSPS) is 13.3. The first-order valence-corrected chi connectivity index (χ1v) is 8.64. The van der Waals surface area contributed by atoms with Gasteiger partial charge in [-0.25, -0.2) is 15.0 Å². The van der Waals surface area contributed by atoms with Crippen molar-refractivity contribution in [3.05, 3.63) is 53.3 Å². The lowest BCUT2D eigenvalue weighted by Gasteiger charge is -2.14. The van der Waals surface area contributed by atoms with Gasteiger partial charge in [-0.3, -0.25) is 0 Å². The van der Waals surface area contributed by atoms with E-state index in [4.69, 9.17) is 74.0 Å². The Balaban J connectivity index is 2.28. The monoisotopic (exact) mass is 445 g/mol. The first-order valence-electron chi connectivity index (χ1n) is 6.37. The minimum Gasteiger partial charge on any atom is -0.462 e. The molecule has 0 aliphatic rings. The molecule has 0 fully saturated rings. The van der Waals surface area contributed by atoms with Crippen LogP contribution in [0.3, 0.4) is 0 Å². The van der Waals surface area contributed by atoms with Crippen molar-refractivity contribution in [3.8, 4) is 0 Å². The maximum atomic E-state index is 5.79. The molecule has 0 N–H and O–H groups in total. The minimum atomic E-state index is -1.88. The standard InChI is InChI=1S/C14H9Cl6N3O/c1-8-6-7-9(24-8)4-2-3-5-10-21-11(13(15,16)17)23-12(22-10)14(18,19)20/h2-7H,1H3. The zero-order valence-electron chi connectivity index (χ0n) is 12.0. The topological polar surface area (TPSA) is 51.8 Å². The Hall–Kier alpha value is -0.490. The van der Waals surface area contributed by atoms with E-state index >= 15 is 0 Å². The van der Waals surface area contributed by atoms with E-state index in [9.17, 15) is 0 Å². The van der Waals surface area contributed by atoms with Gasteiger partial charge < -0.3 is 4.42 Å². The fraction of sp³-hybridized carbons (Fsp3) is 0.214. The van der Waals surface area contributed by atoms with E-state index in [1.807, 2.05) is 19.1 Å². The average molecular weight is 448 g/mol. The third-order valence-electron chi connectivity index (χ3n) is 2.54. The van der Waals surface area contributed by atoms with Gasteiger partial charge in [0, 0.05) is 0 Å². The van der Waals surface area contributed by atoms with Gasteiger partial charge >= 0.3 is 0 Å². The van der Waals surface area contributed by atoms with Crippen LogP contribution in [0.4, 0.5) is 0 Å². The molecule has 0 saturated heterocycles. The lowest BCUT2D eigenvalue weighted by atomic mass is 10.3. The number of hydrogen-bond donors (Lipinski definition) is 0. The molecule has 128 valence electrons. The van der Waals surface area contributed by atoms with Crippen LogP contribution in [0.15, 0.2) is 28.7 Å². The number of alkyl halides is 6. The number of furan rings is 1. The summed E-state index contributed by atoms with van der Waals surface area (Å²) in [5, 5.41) is 0. The molecule has 2 rings (SSSR count). The fourth-order valence-electron chi connectivity index (χ4n) is 1.56. The molecular weight excluding hydrogens is 439 g/mol. The molecular formula is C14H9Cl6N3O. The van der Waals surface area contributed by atoms with Gasteiger partial charge in [0.2, 0.25) is 7.59 Å². The van der Waals surface area contributed by atoms with E-state index in [2.05, 4.69) is 15.0 Å². The predicted molar refractivity (Wildman–Crippen MR) is 99.8 cm³/mol. The molecule has 0 amide bonds. The first-order chi connectivity index (χ1) is 11.1. The first kappa shape index (κ1) is 19.8. The van der Waals surface area contributed by atoms with E-state index in [1.165, 1.54) is 0 Å². The number of aromatic nitrogens is 3. The van der Waals surface area contributed by atoms with E-state index < -0.39 is 7.59 Å². The maximum absolute atomic E-state index is 5.79. The maximum Gasteiger partial charge on any atom is 0.250 e. The molecule has 2 heterocycles. The highest BCUT2D eigenvalue weighted by Crippen LogP contribution is 2.39. The van der Waals surface area contributed by atoms with Gasteiger partial charge in [0.1, 0.15) is 11.5 Å². The van der Waals surface area contributed by atoms with Crippen LogP contribution in [0.2, 0.25) is 0 Å². The molecule has 24 heavy (non-hydrogen) atoms. The molecule has 0 atom stereocenters. The van der Waals surface area contributed by atoms with Gasteiger partial charge in [-0.2, -0.15) is 0 Å². The Morgan fingerprint density at radius 3 is 1.83 bits per heavy atom. The Morgan fingerprint density at radius 2 is 1.38 bits per heavy atom. The molecule has 0 spiro atoms. The van der Waals surface area contributed by atoms with Gasteiger partial charge in [-0.1, -0.05) is 81.8 Å². The van der Waals surface area contributed by atoms with Gasteiger partial charge in [-0.15, -0.1) is 0 Å². The average Bonchev–Trinajstić information content (AvgIpc) is 2.87. The molecule has 10 heteroatoms. The van der Waals surface area contributed by atoms with E-state index in [0.717, 1.165) is 5.76 Å². The molecule has 0 aliphatic carbocycles. The lowest BCUT2D eigenvalue weighted by molar-refractivity contribution is 0.525. The summed E-state index contributed by atoms with van der Waals surface area (Å²) in [6, 6.07) is 3.69. The lowest BCUT2D eigenvalue weighted by Crippen LogP contribution is -2.16. The van der Waals surface area contributed by atoms with Crippen molar-refractivity contribution in [2.45, 2.75) is 14.5 Å². The highest BCUT2D eigenvalue weighted by Gasteiger charge is 2.33. The predicted octanol–water partition coefficient (Wildman–Crippen LogP) is 6.15. The van der Waals surface area contributed by atoms with Crippen LogP contribution >= 0.6 is 69.6 Å². The molecule has 0 bridgehead atoms. The van der Waals surface area contributed by atoms with Crippen LogP contribution in [0.1, 0.15) is 29.0 Å². The number of halogens is 6. The molecule has 4 nitrogen and oxygen atoms in total. The van der Waals surface area contributed by atoms with Crippen molar-refractivity contribution in [2.75, 3.05) is 0 Å². The van der Waals surface area contributed by atoms with Gasteiger partial charge in [0.05, 0.1) is 0 Å². The third kappa shape index (κ3) is 5.80. The van der Waals surface area contributed by atoms with Crippen molar-refractivity contribution in [3.63, 3.8) is 0 Å². The molecule has 0 saturated carbocycles. The number of rotatable bonds is 3. The zero-order chi connectivity index (χ0) is 18.0. The Bertz CT molecular complexity index is 741. The summed E-state index contributed by atoms with van der Waals surface area (Å²) in [5.74, 6) is 1.41. The number of nitrogens with zero attached hydrogens (tertiary/aromatic N) is 3. The van der Waals surface area contributed by atoms with Crippen LogP contribution in [0.5, 0.6) is 0 Å². The molecule has 2 aromatic heterocycles. The molecule has 2 aromatic rings. The summed E-state index contributed by atoms with van der Waals surface area (Å²) in [6.45, 7) is 1.86. The Morgan fingerprint density at radius 1 is 0.833 bits per heavy atom. The molecule has 0 aromatic carbocycles. The highest BCUT2D eigenvalue weighted by atomic mass is 35.6. The molecule has 0 unspecified atom stereocenters. The van der Waals surface area contributed by atoms with Crippen LogP contribution < -0.4 is 0 Å². The molecule has 0 radical (unpaired) electrons. The summed E-state index contributed by atoms with van der Waals surface area (Å²) < 4.78 is 1.64. The second kappa shape index (κ2) is 7.81. The quantitative estimate of drug-likeness (QED) is 0.418. The smallest absolute Gasteiger partial charge is 0.250 e. The van der Waals surface area contributed by atoms with E-state index in [1.54, 1.807) is 24.3 Å². The summed E-state index contributed by atoms with van der Waals surface area (Å²) in [5.41, 5.74) is 0. The summed E-state index contributed by atoms with van der Waals surface area (Å²) in [4.78, 5) is 11.9. The number of aryl methyl sites for hydroxylation is 1. The van der Waals surface area contributed by atoms with Crippen molar-refractivity contribution < 1.29 is 4.42 Å². The second-order valence-electron chi connectivity index (χ2n) is 4.50. The SMILES string of the molecule is Cc1ccc(C=CC=Cc2nc(C(Cl)(Cl)Cl)nc(C(Cl)(Cl)Cl)n2)o1. The van der Waals surface area contributed by atoms with Crippen LogP contribution in [-0.2, 0) is 7.59 Å². The third-order valence-corrected chi connectivity index (χ3v) is 3.55.